The number of sulfonamides is 1. The summed E-state index contributed by atoms with van der Waals surface area (Å²) in [4.78, 5) is 40.0. The lowest BCUT2D eigenvalue weighted by molar-refractivity contribution is -0.384. The molecule has 10 nitrogen and oxygen atoms in total. The van der Waals surface area contributed by atoms with Gasteiger partial charge in [-0.1, -0.05) is 83.9 Å². The zero-order valence-corrected chi connectivity index (χ0v) is 26.5. The second-order valence-corrected chi connectivity index (χ2v) is 12.6. The predicted octanol–water partition coefficient (Wildman–Crippen LogP) is 5.87. The molecule has 13 heteroatoms. The van der Waals surface area contributed by atoms with Crippen LogP contribution in [-0.2, 0) is 32.6 Å². The zero-order chi connectivity index (χ0) is 32.6. The zero-order valence-electron chi connectivity index (χ0n) is 24.2. The number of rotatable bonds is 13. The van der Waals surface area contributed by atoms with Crippen molar-refractivity contribution in [2.45, 2.75) is 30.8 Å². The molecule has 234 valence electrons. The summed E-state index contributed by atoms with van der Waals surface area (Å²) in [5, 5.41) is 14.9. The summed E-state index contributed by atoms with van der Waals surface area (Å²) in [7, 11) is -4.42. The first-order chi connectivity index (χ1) is 21.5. The van der Waals surface area contributed by atoms with Crippen LogP contribution in [0.2, 0.25) is 10.0 Å². The molecule has 0 saturated heterocycles. The van der Waals surface area contributed by atoms with Crippen LogP contribution in [-0.4, -0.2) is 49.2 Å². The van der Waals surface area contributed by atoms with Gasteiger partial charge in [0.25, 0.3) is 15.7 Å². The lowest BCUT2D eigenvalue weighted by atomic mass is 10.0. The smallest absolute Gasteiger partial charge is 0.271 e. The van der Waals surface area contributed by atoms with Gasteiger partial charge in [0, 0.05) is 47.3 Å². The molecule has 4 aromatic carbocycles. The van der Waals surface area contributed by atoms with Crippen molar-refractivity contribution in [3.05, 3.63) is 134 Å². The number of amides is 2. The van der Waals surface area contributed by atoms with Crippen molar-refractivity contribution in [1.29, 1.82) is 0 Å². The van der Waals surface area contributed by atoms with E-state index in [1.54, 1.807) is 43.3 Å². The quantitative estimate of drug-likeness (QED) is 0.140. The Balaban J connectivity index is 1.85. The molecule has 0 aliphatic heterocycles. The minimum absolute atomic E-state index is 0.0999. The fraction of sp³-hybridized carbons (Fsp3) is 0.188. The number of carbonyl (C=O) groups is 2. The summed E-state index contributed by atoms with van der Waals surface area (Å²) in [6.07, 6.45) is 0.0999. The third-order valence-electron chi connectivity index (χ3n) is 6.95. The molecule has 45 heavy (non-hydrogen) atoms. The van der Waals surface area contributed by atoms with Crippen molar-refractivity contribution in [1.82, 2.24) is 10.2 Å². The summed E-state index contributed by atoms with van der Waals surface area (Å²) in [5.74, 6) is -1.23. The fourth-order valence-corrected chi connectivity index (χ4v) is 6.65. The Morgan fingerprint density at radius 1 is 0.889 bits per heavy atom. The van der Waals surface area contributed by atoms with E-state index in [0.717, 1.165) is 15.9 Å². The van der Waals surface area contributed by atoms with Gasteiger partial charge in [-0.15, -0.1) is 0 Å². The Morgan fingerprint density at radius 2 is 1.49 bits per heavy atom. The van der Waals surface area contributed by atoms with E-state index < -0.39 is 39.3 Å². The molecule has 0 heterocycles. The molecule has 0 saturated carbocycles. The summed E-state index contributed by atoms with van der Waals surface area (Å²) in [5.41, 5.74) is 0.653. The molecule has 2 amide bonds. The lowest BCUT2D eigenvalue weighted by Gasteiger charge is -2.34. The average molecular weight is 670 g/mol. The Kier molecular flexibility index (Phi) is 11.2. The number of nitro groups is 1. The summed E-state index contributed by atoms with van der Waals surface area (Å²) >= 11 is 13.0. The van der Waals surface area contributed by atoms with Gasteiger partial charge in [-0.2, -0.15) is 0 Å². The molecular formula is C32H30Cl2N4O6S. The van der Waals surface area contributed by atoms with Crippen LogP contribution in [0.15, 0.2) is 108 Å². The van der Waals surface area contributed by atoms with E-state index >= 15 is 0 Å². The standard InChI is InChI=1S/C32H30Cl2N4O6S/c1-2-35-32(40)30(19-23-11-5-3-6-12-23)36(21-27-28(33)17-10-18-29(27)34)31(39)22-37(24-13-9-14-25(20-24)38(41)42)45(43,44)26-15-7-4-8-16-26/h3-18,20,30H,2,19,21-22H2,1H3,(H,35,40)/t30-/m0/s1. The monoisotopic (exact) mass is 668 g/mol. The van der Waals surface area contributed by atoms with Gasteiger partial charge in [0.05, 0.1) is 15.5 Å². The van der Waals surface area contributed by atoms with Crippen LogP contribution in [0.3, 0.4) is 0 Å². The van der Waals surface area contributed by atoms with E-state index in [9.17, 15) is 28.1 Å². The van der Waals surface area contributed by atoms with Crippen LogP contribution >= 0.6 is 23.2 Å². The molecule has 4 aromatic rings. The molecular weight excluding hydrogens is 639 g/mol. The molecule has 0 spiro atoms. The van der Waals surface area contributed by atoms with E-state index in [4.69, 9.17) is 23.2 Å². The minimum atomic E-state index is -4.42. The Labute approximate surface area is 271 Å². The normalized spacial score (nSPS) is 11.8. The first kappa shape index (κ1) is 33.4. The van der Waals surface area contributed by atoms with Crippen molar-refractivity contribution in [2.24, 2.45) is 0 Å². The largest absolute Gasteiger partial charge is 0.355 e. The Hall–Kier alpha value is -4.45. The number of carbonyl (C=O) groups excluding carboxylic acids is 2. The average Bonchev–Trinajstić information content (AvgIpc) is 3.03. The molecule has 1 atom stereocenters. The molecule has 0 aliphatic carbocycles. The number of non-ortho nitro benzene ring substituents is 1. The van der Waals surface area contributed by atoms with Gasteiger partial charge in [-0.3, -0.25) is 24.0 Å². The van der Waals surface area contributed by atoms with Crippen molar-refractivity contribution in [3.63, 3.8) is 0 Å². The van der Waals surface area contributed by atoms with Crippen molar-refractivity contribution < 1.29 is 22.9 Å². The van der Waals surface area contributed by atoms with Crippen LogP contribution in [0.25, 0.3) is 0 Å². The number of benzene rings is 4. The molecule has 0 unspecified atom stereocenters. The van der Waals surface area contributed by atoms with Crippen LogP contribution in [0, 0.1) is 10.1 Å². The first-order valence-electron chi connectivity index (χ1n) is 13.9. The van der Waals surface area contributed by atoms with Crippen LogP contribution in [0.4, 0.5) is 11.4 Å². The number of nitrogens with one attached hydrogen (secondary N) is 1. The molecule has 0 radical (unpaired) electrons. The van der Waals surface area contributed by atoms with Gasteiger partial charge in [-0.05, 0) is 42.8 Å². The van der Waals surface area contributed by atoms with E-state index in [1.807, 2.05) is 18.2 Å². The number of likely N-dealkylation sites (N-methyl/N-ethyl adjacent to an activating group) is 1. The van der Waals surface area contributed by atoms with Gasteiger partial charge in [0.1, 0.15) is 12.6 Å². The Morgan fingerprint density at radius 3 is 2.09 bits per heavy atom. The third-order valence-corrected chi connectivity index (χ3v) is 9.45. The van der Waals surface area contributed by atoms with E-state index in [2.05, 4.69) is 5.32 Å². The highest BCUT2D eigenvalue weighted by Gasteiger charge is 2.35. The van der Waals surface area contributed by atoms with Gasteiger partial charge in [0.15, 0.2) is 0 Å². The summed E-state index contributed by atoms with van der Waals surface area (Å²) < 4.78 is 28.8. The fourth-order valence-electron chi connectivity index (χ4n) is 4.71. The molecule has 0 bridgehead atoms. The highest BCUT2D eigenvalue weighted by Crippen LogP contribution is 2.30. The maximum absolute atomic E-state index is 14.4. The number of nitrogens with zero attached hydrogens (tertiary/aromatic N) is 3. The maximum Gasteiger partial charge on any atom is 0.271 e. The highest BCUT2D eigenvalue weighted by molar-refractivity contribution is 7.92. The third kappa shape index (κ3) is 8.18. The number of hydrogen-bond acceptors (Lipinski definition) is 6. The van der Waals surface area contributed by atoms with Gasteiger partial charge >= 0.3 is 0 Å². The van der Waals surface area contributed by atoms with E-state index in [-0.39, 0.29) is 45.8 Å². The number of hydrogen-bond donors (Lipinski definition) is 1. The van der Waals surface area contributed by atoms with Crippen LogP contribution in [0.1, 0.15) is 18.1 Å². The molecule has 0 fully saturated rings. The SMILES string of the molecule is CCNC(=O)[C@H](Cc1ccccc1)N(Cc1c(Cl)cccc1Cl)C(=O)CN(c1cccc([N+](=O)[O-])c1)S(=O)(=O)c1ccccc1. The molecule has 4 rings (SSSR count). The first-order valence-corrected chi connectivity index (χ1v) is 16.1. The second kappa shape index (κ2) is 15.0. The Bertz CT molecular complexity index is 1750. The number of anilines is 1. The number of halogens is 2. The summed E-state index contributed by atoms with van der Waals surface area (Å²) in [6.45, 7) is 1.01. The molecule has 1 N–H and O–H groups in total. The van der Waals surface area contributed by atoms with Crippen molar-refractivity contribution in [3.8, 4) is 0 Å². The predicted molar refractivity (Wildman–Crippen MR) is 174 cm³/mol. The lowest BCUT2D eigenvalue weighted by Crippen LogP contribution is -2.53. The number of nitro benzene ring substituents is 1. The van der Waals surface area contributed by atoms with Gasteiger partial charge < -0.3 is 10.2 Å². The highest BCUT2D eigenvalue weighted by atomic mass is 35.5. The summed E-state index contributed by atoms with van der Waals surface area (Å²) in [6, 6.07) is 25.2. The van der Waals surface area contributed by atoms with Gasteiger partial charge in [-0.25, -0.2) is 8.42 Å². The van der Waals surface area contributed by atoms with Gasteiger partial charge in [0.2, 0.25) is 11.8 Å². The minimum Gasteiger partial charge on any atom is -0.355 e. The van der Waals surface area contributed by atoms with Crippen LogP contribution in [0.5, 0.6) is 0 Å². The van der Waals surface area contributed by atoms with E-state index in [1.165, 1.54) is 47.4 Å². The molecule has 0 aliphatic rings. The topological polar surface area (TPSA) is 130 Å². The van der Waals surface area contributed by atoms with Crippen molar-refractivity contribution in [2.75, 3.05) is 17.4 Å². The van der Waals surface area contributed by atoms with Crippen molar-refractivity contribution >= 4 is 56.4 Å². The van der Waals surface area contributed by atoms with Crippen LogP contribution < -0.4 is 9.62 Å². The maximum atomic E-state index is 14.4. The van der Waals surface area contributed by atoms with E-state index in [0.29, 0.717) is 5.56 Å². The molecule has 0 aromatic heterocycles. The second-order valence-electron chi connectivity index (χ2n) is 9.92.